The normalized spacial score (nSPS) is 15.5. The first kappa shape index (κ1) is 28.2. The van der Waals surface area contributed by atoms with E-state index in [0.29, 0.717) is 32.5 Å². The van der Waals surface area contributed by atoms with Gasteiger partial charge in [-0.2, -0.15) is 0 Å². The third-order valence-electron chi connectivity index (χ3n) is 4.90. The number of rotatable bonds is 15. The van der Waals surface area contributed by atoms with Gasteiger partial charge in [0.2, 0.25) is 11.8 Å². The van der Waals surface area contributed by atoms with Crippen molar-refractivity contribution in [3.05, 3.63) is 0 Å². The summed E-state index contributed by atoms with van der Waals surface area (Å²) in [6, 6.07) is 0. The third-order valence-corrected chi connectivity index (χ3v) is 5.33. The highest BCUT2D eigenvalue weighted by Crippen LogP contribution is 2.24. The number of ether oxygens (including phenoxy) is 2. The smallest absolute Gasteiger partial charge is 0.232 e. The Balaban J connectivity index is 4.43. The van der Waals surface area contributed by atoms with E-state index in [4.69, 9.17) is 9.47 Å². The van der Waals surface area contributed by atoms with Crippen LogP contribution in [0, 0.1) is 0 Å². The Kier molecular flexibility index (Phi) is 12.5. The van der Waals surface area contributed by atoms with Crippen molar-refractivity contribution in [2.75, 3.05) is 33.9 Å². The van der Waals surface area contributed by atoms with E-state index in [0.717, 1.165) is 13.0 Å². The summed E-state index contributed by atoms with van der Waals surface area (Å²) in [5.74, 6) is -0.0475. The van der Waals surface area contributed by atoms with Gasteiger partial charge in [-0.15, -0.1) is 9.24 Å². The van der Waals surface area contributed by atoms with E-state index >= 15 is 0 Å². The van der Waals surface area contributed by atoms with Crippen LogP contribution in [0.2, 0.25) is 0 Å². The Morgan fingerprint density at radius 1 is 1.07 bits per heavy atom. The first-order valence-corrected chi connectivity index (χ1v) is 11.0. The molecule has 0 aromatic heterocycles. The molecule has 0 aliphatic heterocycles. The summed E-state index contributed by atoms with van der Waals surface area (Å²) in [5.41, 5.74) is -0.702. The first-order chi connectivity index (χ1) is 13.2. The fourth-order valence-electron chi connectivity index (χ4n) is 2.48. The molecule has 8 heteroatoms. The molecule has 0 spiro atoms. The second-order valence-electron chi connectivity index (χ2n) is 9.30. The molecule has 3 unspecified atom stereocenters. The largest absolute Gasteiger partial charge is 0.378 e. The van der Waals surface area contributed by atoms with Gasteiger partial charge in [0, 0.05) is 25.6 Å². The fraction of sp³-hybridized carbons (Fsp3) is 0.905. The molecule has 3 N–H and O–H groups in total. The van der Waals surface area contributed by atoms with Crippen LogP contribution >= 0.6 is 9.24 Å². The quantitative estimate of drug-likeness (QED) is 0.345. The van der Waals surface area contributed by atoms with Crippen LogP contribution in [0.4, 0.5) is 0 Å². The van der Waals surface area contributed by atoms with E-state index in [1.54, 1.807) is 7.05 Å². The molecule has 0 bridgehead atoms. The van der Waals surface area contributed by atoms with Gasteiger partial charge in [-0.05, 0) is 74.4 Å². The van der Waals surface area contributed by atoms with Crippen molar-refractivity contribution in [3.8, 4) is 0 Å². The molecule has 29 heavy (non-hydrogen) atoms. The molecule has 2 amide bonds. The molecule has 3 atom stereocenters. The molecule has 0 heterocycles. The molecular weight excluding hydrogens is 389 g/mol. The van der Waals surface area contributed by atoms with Gasteiger partial charge in [-0.3, -0.25) is 9.59 Å². The molecule has 0 aliphatic carbocycles. The van der Waals surface area contributed by atoms with E-state index < -0.39 is 10.7 Å². The Labute approximate surface area is 180 Å². The molecule has 0 aliphatic rings. The molecule has 0 saturated heterocycles. The highest BCUT2D eigenvalue weighted by molar-refractivity contribution is 7.21. The third kappa shape index (κ3) is 13.2. The summed E-state index contributed by atoms with van der Waals surface area (Å²) in [6.07, 6.45) is 2.68. The van der Waals surface area contributed by atoms with Gasteiger partial charge in [0.1, 0.15) is 0 Å². The summed E-state index contributed by atoms with van der Waals surface area (Å²) in [7, 11) is 6.18. The lowest BCUT2D eigenvalue weighted by Gasteiger charge is -2.34. The zero-order valence-electron chi connectivity index (χ0n) is 19.7. The monoisotopic (exact) mass is 433 g/mol. The number of nitrogens with one attached hydrogen (secondary N) is 3. The van der Waals surface area contributed by atoms with Gasteiger partial charge in [-0.25, -0.2) is 0 Å². The maximum Gasteiger partial charge on any atom is 0.232 e. The van der Waals surface area contributed by atoms with Crippen LogP contribution in [0.5, 0.6) is 0 Å². The predicted molar refractivity (Wildman–Crippen MR) is 122 cm³/mol. The minimum absolute atomic E-state index is 0.000889. The van der Waals surface area contributed by atoms with Crippen LogP contribution < -0.4 is 16.0 Å². The molecule has 0 rings (SSSR count). The Hall–Kier alpha value is -0.750. The fourth-order valence-corrected chi connectivity index (χ4v) is 2.64. The Morgan fingerprint density at radius 3 is 2.24 bits per heavy atom. The van der Waals surface area contributed by atoms with Crippen molar-refractivity contribution in [1.29, 1.82) is 0 Å². The van der Waals surface area contributed by atoms with E-state index in [9.17, 15) is 9.59 Å². The van der Waals surface area contributed by atoms with Gasteiger partial charge in [0.25, 0.3) is 0 Å². The van der Waals surface area contributed by atoms with Crippen LogP contribution in [-0.4, -0.2) is 68.1 Å². The van der Waals surface area contributed by atoms with Crippen LogP contribution in [-0.2, 0) is 19.1 Å². The van der Waals surface area contributed by atoms with Crippen molar-refractivity contribution in [2.45, 2.75) is 89.6 Å². The second-order valence-corrected chi connectivity index (χ2v) is 10.6. The number of hydrogen-bond donors (Lipinski definition) is 3. The molecular formula is C21H44N3O4P. The lowest BCUT2D eigenvalue weighted by Crippen LogP contribution is -2.53. The molecule has 0 radical (unpaired) electrons. The average molecular weight is 434 g/mol. The zero-order valence-corrected chi connectivity index (χ0v) is 20.9. The lowest BCUT2D eigenvalue weighted by molar-refractivity contribution is -0.128. The number of amides is 2. The summed E-state index contributed by atoms with van der Waals surface area (Å²) < 4.78 is 11.8. The standard InChI is InChI=1S/C21H44N3O4P/c1-16(9-10-17(25)23-8)27-14-12-19(2,3)24-18(26)21(6,29)15-28-20(4,5)11-13-22-7/h16,22H,9-15,29H2,1-8H3,(H,23,25)(H,24,26). The average Bonchev–Trinajstić information content (AvgIpc) is 2.62. The van der Waals surface area contributed by atoms with Gasteiger partial charge in [0.05, 0.1) is 23.5 Å². The van der Waals surface area contributed by atoms with Crippen LogP contribution in [0.25, 0.3) is 0 Å². The number of carbonyl (C=O) groups excluding carboxylic acids is 2. The summed E-state index contributed by atoms with van der Waals surface area (Å²) in [5, 5.41) is 8.13. The minimum atomic E-state index is -0.712. The van der Waals surface area contributed by atoms with E-state index in [1.165, 1.54) is 0 Å². The van der Waals surface area contributed by atoms with Crippen molar-refractivity contribution < 1.29 is 19.1 Å². The van der Waals surface area contributed by atoms with E-state index in [2.05, 4.69) is 25.2 Å². The van der Waals surface area contributed by atoms with Gasteiger partial charge < -0.3 is 25.4 Å². The van der Waals surface area contributed by atoms with Gasteiger partial charge >= 0.3 is 0 Å². The summed E-state index contributed by atoms with van der Waals surface area (Å²) in [4.78, 5) is 24.1. The van der Waals surface area contributed by atoms with Crippen molar-refractivity contribution in [3.63, 3.8) is 0 Å². The van der Waals surface area contributed by atoms with Gasteiger partial charge in [0.15, 0.2) is 0 Å². The highest BCUT2D eigenvalue weighted by atomic mass is 31.0. The maximum atomic E-state index is 12.8. The molecule has 0 aromatic rings. The van der Waals surface area contributed by atoms with Crippen LogP contribution in [0.3, 0.4) is 0 Å². The van der Waals surface area contributed by atoms with Crippen molar-refractivity contribution >= 4 is 21.1 Å². The Bertz CT molecular complexity index is 510. The molecule has 0 fully saturated rings. The van der Waals surface area contributed by atoms with E-state index in [-0.39, 0.29) is 23.5 Å². The first-order valence-electron chi connectivity index (χ1n) is 10.5. The van der Waals surface area contributed by atoms with Crippen molar-refractivity contribution in [1.82, 2.24) is 16.0 Å². The summed E-state index contributed by atoms with van der Waals surface area (Å²) >= 11 is 0. The summed E-state index contributed by atoms with van der Waals surface area (Å²) in [6.45, 7) is 13.6. The number of carbonyl (C=O) groups is 2. The minimum Gasteiger partial charge on any atom is -0.378 e. The van der Waals surface area contributed by atoms with Crippen LogP contribution in [0.1, 0.15) is 67.2 Å². The lowest BCUT2D eigenvalue weighted by atomic mass is 9.99. The molecule has 7 nitrogen and oxygen atoms in total. The van der Waals surface area contributed by atoms with Crippen molar-refractivity contribution in [2.24, 2.45) is 0 Å². The maximum absolute atomic E-state index is 12.8. The zero-order chi connectivity index (χ0) is 22.7. The SMILES string of the molecule is CNCCC(C)(C)OCC(C)(P)C(=O)NC(C)(C)CCOC(C)CCC(=O)NC. The molecule has 0 saturated carbocycles. The van der Waals surface area contributed by atoms with Crippen LogP contribution in [0.15, 0.2) is 0 Å². The highest BCUT2D eigenvalue weighted by Gasteiger charge is 2.34. The number of hydrogen-bond acceptors (Lipinski definition) is 5. The molecule has 0 aromatic carbocycles. The van der Waals surface area contributed by atoms with E-state index in [1.807, 2.05) is 48.6 Å². The van der Waals surface area contributed by atoms with Gasteiger partial charge in [-0.1, -0.05) is 0 Å². The Morgan fingerprint density at radius 2 is 1.69 bits per heavy atom. The molecule has 172 valence electrons. The predicted octanol–water partition coefficient (Wildman–Crippen LogP) is 2.24. The second kappa shape index (κ2) is 12.8. The topological polar surface area (TPSA) is 88.7 Å².